The number of carboxylic acid groups (broad SMARTS) is 1. The molecular formula is C26H33N3O12. The van der Waals surface area contributed by atoms with Crippen molar-refractivity contribution in [3.63, 3.8) is 0 Å². The van der Waals surface area contributed by atoms with Gasteiger partial charge in [-0.15, -0.1) is 0 Å². The molecule has 1 aromatic rings. The van der Waals surface area contributed by atoms with Gasteiger partial charge < -0.3 is 44.5 Å². The molecular weight excluding hydrogens is 546 g/mol. The molecule has 41 heavy (non-hydrogen) atoms. The number of imide groups is 1. The van der Waals surface area contributed by atoms with Crippen LogP contribution in [-0.4, -0.2) is 103 Å². The van der Waals surface area contributed by atoms with Gasteiger partial charge in [-0.05, 0) is 12.1 Å². The van der Waals surface area contributed by atoms with E-state index < -0.39 is 42.4 Å². The molecule has 1 saturated heterocycles. The molecule has 2 aliphatic rings. The smallest absolute Gasteiger partial charge is 0.407 e. The van der Waals surface area contributed by atoms with Gasteiger partial charge in [0, 0.05) is 63.2 Å². The molecule has 15 heteroatoms. The largest absolute Gasteiger partial charge is 0.491 e. The van der Waals surface area contributed by atoms with Crippen LogP contribution in [0.4, 0.5) is 4.79 Å². The van der Waals surface area contributed by atoms with Crippen molar-refractivity contribution in [3.8, 4) is 11.5 Å². The zero-order valence-corrected chi connectivity index (χ0v) is 22.4. The fourth-order valence-corrected chi connectivity index (χ4v) is 3.85. The summed E-state index contributed by atoms with van der Waals surface area (Å²) in [7, 11) is 1.42. The Labute approximate surface area is 235 Å². The van der Waals surface area contributed by atoms with Crippen LogP contribution in [0.2, 0.25) is 0 Å². The number of alkyl carbamates (subject to hydrolysis) is 1. The van der Waals surface area contributed by atoms with Crippen molar-refractivity contribution in [2.45, 2.75) is 44.4 Å². The Balaban J connectivity index is 1.44. The first-order chi connectivity index (χ1) is 19.7. The highest BCUT2D eigenvalue weighted by Gasteiger charge is 2.34. The molecule has 2 aliphatic heterocycles. The van der Waals surface area contributed by atoms with E-state index in [1.54, 1.807) is 12.1 Å². The van der Waals surface area contributed by atoms with Gasteiger partial charge in [0.2, 0.25) is 12.2 Å². The van der Waals surface area contributed by atoms with Crippen molar-refractivity contribution in [2.24, 2.45) is 0 Å². The maximum atomic E-state index is 11.9. The van der Waals surface area contributed by atoms with Crippen LogP contribution < -0.4 is 20.1 Å². The minimum absolute atomic E-state index is 0.00642. The van der Waals surface area contributed by atoms with Gasteiger partial charge in [-0.3, -0.25) is 19.3 Å². The molecule has 1 aromatic carbocycles. The lowest BCUT2D eigenvalue weighted by molar-refractivity contribution is -0.195. The number of aliphatic hydroxyl groups excluding tert-OH is 1. The zero-order chi connectivity index (χ0) is 29.8. The molecule has 0 spiro atoms. The molecule has 3 unspecified atom stereocenters. The van der Waals surface area contributed by atoms with Gasteiger partial charge >= 0.3 is 12.1 Å². The maximum Gasteiger partial charge on any atom is 0.407 e. The third kappa shape index (κ3) is 10.0. The summed E-state index contributed by atoms with van der Waals surface area (Å²) < 4.78 is 27.5. The Bertz CT molecular complexity index is 1120. The molecule has 0 bridgehead atoms. The van der Waals surface area contributed by atoms with Crippen LogP contribution in [0.5, 0.6) is 11.5 Å². The number of hydrogen-bond donors (Lipinski definition) is 4. The van der Waals surface area contributed by atoms with Gasteiger partial charge in [0.15, 0.2) is 6.10 Å². The summed E-state index contributed by atoms with van der Waals surface area (Å²) in [6.07, 6.45) is -1.40. The number of ether oxygens (including phenoxy) is 5. The van der Waals surface area contributed by atoms with Crippen LogP contribution in [0.3, 0.4) is 0 Å². The minimum atomic E-state index is -1.20. The van der Waals surface area contributed by atoms with E-state index in [1.165, 1.54) is 13.1 Å². The molecule has 1 fully saturated rings. The number of carbonyl (C=O) groups is 5. The number of carboxylic acids is 1. The monoisotopic (exact) mass is 579 g/mol. The third-order valence-electron chi connectivity index (χ3n) is 5.93. The summed E-state index contributed by atoms with van der Waals surface area (Å²) in [5, 5.41) is 24.2. The lowest BCUT2D eigenvalue weighted by atomic mass is 10.1. The third-order valence-corrected chi connectivity index (χ3v) is 5.93. The molecule has 0 aliphatic carbocycles. The molecule has 0 aromatic heterocycles. The van der Waals surface area contributed by atoms with Crippen molar-refractivity contribution in [2.75, 3.05) is 40.0 Å². The van der Waals surface area contributed by atoms with Crippen LogP contribution in [0.1, 0.15) is 24.8 Å². The normalized spacial score (nSPS) is 20.0. The Kier molecular flexibility index (Phi) is 11.9. The van der Waals surface area contributed by atoms with E-state index in [0.29, 0.717) is 11.3 Å². The standard InChI is InChI=1S/C26H33N3O12/c1-27-26(36)39-15-16-2-3-18(40-24-13-17(30)12-20(41-24)25(34)35)14-19(16)38-11-10-37-9-7-28-21(31)6-8-29-22(32)4-5-23(29)33/h2-5,14,17,20,24,30H,6-13,15H2,1H3,(H,27,36)(H,28,31)(H,34,35). The average Bonchev–Trinajstić information content (AvgIpc) is 3.26. The summed E-state index contributed by atoms with van der Waals surface area (Å²) in [6.45, 7) is 0.520. The second kappa shape index (κ2) is 15.5. The lowest BCUT2D eigenvalue weighted by Gasteiger charge is -2.31. The van der Waals surface area contributed by atoms with Crippen LogP contribution in [0.25, 0.3) is 0 Å². The van der Waals surface area contributed by atoms with E-state index in [-0.39, 0.29) is 70.4 Å². The maximum absolute atomic E-state index is 11.9. The Morgan fingerprint density at radius 1 is 1.10 bits per heavy atom. The van der Waals surface area contributed by atoms with E-state index >= 15 is 0 Å². The van der Waals surface area contributed by atoms with Gasteiger partial charge in [-0.1, -0.05) is 0 Å². The minimum Gasteiger partial charge on any atom is -0.491 e. The highest BCUT2D eigenvalue weighted by molar-refractivity contribution is 6.13. The number of amides is 4. The first-order valence-corrected chi connectivity index (χ1v) is 12.9. The molecule has 4 amide bonds. The van der Waals surface area contributed by atoms with E-state index in [2.05, 4.69) is 10.6 Å². The van der Waals surface area contributed by atoms with Gasteiger partial charge in [0.1, 0.15) is 24.7 Å². The number of benzene rings is 1. The van der Waals surface area contributed by atoms with Crippen molar-refractivity contribution < 1.29 is 57.9 Å². The van der Waals surface area contributed by atoms with E-state index in [1.807, 2.05) is 0 Å². The van der Waals surface area contributed by atoms with Crippen LogP contribution in [-0.2, 0) is 40.0 Å². The SMILES string of the molecule is CNC(=O)OCc1ccc(OC2CC(O)CC(C(=O)O)O2)cc1OCCOCCNC(=O)CCN1C(=O)C=CC1=O. The topological polar surface area (TPSA) is 199 Å². The highest BCUT2D eigenvalue weighted by atomic mass is 16.7. The number of aliphatic hydroxyl groups is 1. The first-order valence-electron chi connectivity index (χ1n) is 12.9. The second-order valence-corrected chi connectivity index (χ2v) is 8.95. The van der Waals surface area contributed by atoms with Crippen LogP contribution in [0, 0.1) is 0 Å². The predicted octanol–water partition coefficient (Wildman–Crippen LogP) is -0.301. The number of rotatable bonds is 15. The summed E-state index contributed by atoms with van der Waals surface area (Å²) in [6, 6.07) is 4.70. The number of aliphatic carboxylic acids is 1. The second-order valence-electron chi connectivity index (χ2n) is 8.95. The lowest BCUT2D eigenvalue weighted by Crippen LogP contribution is -2.42. The van der Waals surface area contributed by atoms with Gasteiger partial charge in [-0.25, -0.2) is 9.59 Å². The summed E-state index contributed by atoms with van der Waals surface area (Å²) in [5.41, 5.74) is 0.520. The molecule has 0 saturated carbocycles. The fourth-order valence-electron chi connectivity index (χ4n) is 3.85. The van der Waals surface area contributed by atoms with Crippen LogP contribution in [0.15, 0.2) is 30.4 Å². The molecule has 224 valence electrons. The molecule has 0 radical (unpaired) electrons. The quantitative estimate of drug-likeness (QED) is 0.156. The van der Waals surface area contributed by atoms with Crippen molar-refractivity contribution in [3.05, 3.63) is 35.9 Å². The number of hydrogen-bond acceptors (Lipinski definition) is 11. The van der Waals surface area contributed by atoms with Gasteiger partial charge in [0.05, 0.1) is 19.3 Å². The molecule has 4 N–H and O–H groups in total. The predicted molar refractivity (Wildman–Crippen MR) is 138 cm³/mol. The van der Waals surface area contributed by atoms with Crippen molar-refractivity contribution in [1.82, 2.24) is 15.5 Å². The van der Waals surface area contributed by atoms with E-state index in [9.17, 15) is 34.2 Å². The molecule has 3 atom stereocenters. The van der Waals surface area contributed by atoms with E-state index in [0.717, 1.165) is 17.1 Å². The molecule has 15 nitrogen and oxygen atoms in total. The Morgan fingerprint density at radius 3 is 2.56 bits per heavy atom. The van der Waals surface area contributed by atoms with Crippen molar-refractivity contribution in [1.29, 1.82) is 0 Å². The summed E-state index contributed by atoms with van der Waals surface area (Å²) >= 11 is 0. The highest BCUT2D eigenvalue weighted by Crippen LogP contribution is 2.29. The fraction of sp³-hybridized carbons (Fsp3) is 0.500. The molecule has 3 rings (SSSR count). The summed E-state index contributed by atoms with van der Waals surface area (Å²) in [4.78, 5) is 58.7. The Hall–Kier alpha value is -4.21. The average molecular weight is 580 g/mol. The number of carbonyl (C=O) groups excluding carboxylic acids is 4. The van der Waals surface area contributed by atoms with Crippen LogP contribution >= 0.6 is 0 Å². The zero-order valence-electron chi connectivity index (χ0n) is 22.4. The van der Waals surface area contributed by atoms with Gasteiger partial charge in [0.25, 0.3) is 11.8 Å². The first kappa shape index (κ1) is 31.3. The van der Waals surface area contributed by atoms with Gasteiger partial charge in [-0.2, -0.15) is 0 Å². The Morgan fingerprint density at radius 2 is 1.85 bits per heavy atom. The number of nitrogens with one attached hydrogen (secondary N) is 2. The molecule has 2 heterocycles. The van der Waals surface area contributed by atoms with Crippen molar-refractivity contribution >= 4 is 29.8 Å². The van der Waals surface area contributed by atoms with E-state index in [4.69, 9.17) is 23.7 Å². The number of nitrogens with zero attached hydrogens (tertiary/aromatic N) is 1. The summed E-state index contributed by atoms with van der Waals surface area (Å²) in [5.74, 6) is -1.83.